The predicted molar refractivity (Wildman–Crippen MR) is 105 cm³/mol. The van der Waals surface area contributed by atoms with Crippen molar-refractivity contribution in [3.05, 3.63) is 53.2 Å². The lowest BCUT2D eigenvalue weighted by Gasteiger charge is -2.33. The summed E-state index contributed by atoms with van der Waals surface area (Å²) in [5.41, 5.74) is 2.84. The van der Waals surface area contributed by atoms with E-state index in [9.17, 15) is 4.79 Å². The molecule has 2 saturated heterocycles. The minimum Gasteiger partial charge on any atom is -0.468 e. The van der Waals surface area contributed by atoms with E-state index in [4.69, 9.17) is 9.40 Å². The molecular formula is C22H29N3O2. The van der Waals surface area contributed by atoms with E-state index in [0.717, 1.165) is 81.1 Å². The first-order chi connectivity index (χ1) is 13.2. The Labute approximate surface area is 161 Å². The summed E-state index contributed by atoms with van der Waals surface area (Å²) in [4.78, 5) is 22.4. The maximum atomic E-state index is 13.1. The molecule has 2 aliphatic rings. The third kappa shape index (κ3) is 4.24. The number of aromatic nitrogens is 1. The second-order valence-electron chi connectivity index (χ2n) is 7.87. The molecule has 0 aliphatic carbocycles. The van der Waals surface area contributed by atoms with Crippen LogP contribution in [0.5, 0.6) is 0 Å². The van der Waals surface area contributed by atoms with E-state index in [0.29, 0.717) is 5.92 Å². The van der Waals surface area contributed by atoms with Crippen molar-refractivity contribution < 1.29 is 9.21 Å². The number of carbonyl (C=O) groups excluding carboxylic acids is 1. The van der Waals surface area contributed by atoms with Crippen LogP contribution in [0.1, 0.15) is 65.5 Å². The molecule has 144 valence electrons. The number of nitrogens with zero attached hydrogens (tertiary/aromatic N) is 3. The molecule has 0 spiro atoms. The highest BCUT2D eigenvalue weighted by atomic mass is 16.3. The number of hydrogen-bond acceptors (Lipinski definition) is 4. The van der Waals surface area contributed by atoms with Crippen LogP contribution in [-0.4, -0.2) is 46.9 Å². The first kappa shape index (κ1) is 18.2. The lowest BCUT2D eigenvalue weighted by molar-refractivity contribution is 0.0721. The van der Waals surface area contributed by atoms with Gasteiger partial charge in [0.2, 0.25) is 0 Å². The summed E-state index contributed by atoms with van der Waals surface area (Å²) in [6.07, 6.45) is 7.28. The van der Waals surface area contributed by atoms with Crippen LogP contribution < -0.4 is 0 Å². The van der Waals surface area contributed by atoms with Crippen LogP contribution >= 0.6 is 0 Å². The lowest BCUT2D eigenvalue weighted by atomic mass is 9.89. The third-order valence-corrected chi connectivity index (χ3v) is 5.87. The van der Waals surface area contributed by atoms with E-state index in [1.54, 1.807) is 6.26 Å². The van der Waals surface area contributed by atoms with Gasteiger partial charge in [-0.2, -0.15) is 0 Å². The normalized spacial score (nSPS) is 19.4. The van der Waals surface area contributed by atoms with Gasteiger partial charge in [-0.05, 0) is 76.4 Å². The molecule has 2 aromatic heterocycles. The molecular weight excluding hydrogens is 338 g/mol. The van der Waals surface area contributed by atoms with Gasteiger partial charge in [-0.15, -0.1) is 0 Å². The van der Waals surface area contributed by atoms with Crippen molar-refractivity contribution in [1.29, 1.82) is 0 Å². The van der Waals surface area contributed by atoms with Crippen LogP contribution in [0.15, 0.2) is 34.9 Å². The Hall–Kier alpha value is -2.14. The molecule has 0 atom stereocenters. The number of rotatable bonds is 4. The molecule has 27 heavy (non-hydrogen) atoms. The van der Waals surface area contributed by atoms with Crippen molar-refractivity contribution in [2.75, 3.05) is 26.2 Å². The molecule has 0 aromatic carbocycles. The van der Waals surface area contributed by atoms with Crippen molar-refractivity contribution >= 4 is 5.91 Å². The topological polar surface area (TPSA) is 49.6 Å². The number of pyridine rings is 1. The van der Waals surface area contributed by atoms with Crippen LogP contribution in [0.2, 0.25) is 0 Å². The summed E-state index contributed by atoms with van der Waals surface area (Å²) in [7, 11) is 0. The quantitative estimate of drug-likeness (QED) is 0.820. The summed E-state index contributed by atoms with van der Waals surface area (Å²) in [5, 5.41) is 0. The van der Waals surface area contributed by atoms with Crippen molar-refractivity contribution in [3.63, 3.8) is 0 Å². The van der Waals surface area contributed by atoms with E-state index < -0.39 is 0 Å². The molecule has 2 fully saturated rings. The number of piperidine rings is 2. The van der Waals surface area contributed by atoms with Gasteiger partial charge in [-0.25, -0.2) is 0 Å². The summed E-state index contributed by atoms with van der Waals surface area (Å²) in [5.74, 6) is 1.56. The van der Waals surface area contributed by atoms with Gasteiger partial charge < -0.3 is 9.32 Å². The lowest BCUT2D eigenvalue weighted by Crippen LogP contribution is -2.37. The number of carbonyl (C=O) groups is 1. The van der Waals surface area contributed by atoms with Crippen LogP contribution in [0.25, 0.3) is 0 Å². The highest BCUT2D eigenvalue weighted by molar-refractivity contribution is 5.95. The highest BCUT2D eigenvalue weighted by Gasteiger charge is 2.28. The summed E-state index contributed by atoms with van der Waals surface area (Å²) in [6.45, 7) is 6.67. The second-order valence-corrected chi connectivity index (χ2v) is 7.87. The maximum absolute atomic E-state index is 13.1. The van der Waals surface area contributed by atoms with Gasteiger partial charge in [-0.3, -0.25) is 14.7 Å². The Balaban J connectivity index is 1.46. The Kier molecular flexibility index (Phi) is 5.58. The zero-order chi connectivity index (χ0) is 18.6. The van der Waals surface area contributed by atoms with Gasteiger partial charge in [0.1, 0.15) is 5.76 Å². The first-order valence-electron chi connectivity index (χ1n) is 10.2. The predicted octanol–water partition coefficient (Wildman–Crippen LogP) is 3.99. The fourth-order valence-corrected chi connectivity index (χ4v) is 4.32. The van der Waals surface area contributed by atoms with E-state index >= 15 is 0 Å². The number of amides is 1. The van der Waals surface area contributed by atoms with Crippen molar-refractivity contribution in [2.24, 2.45) is 0 Å². The molecule has 1 amide bonds. The van der Waals surface area contributed by atoms with Gasteiger partial charge in [0.15, 0.2) is 0 Å². The van der Waals surface area contributed by atoms with Crippen molar-refractivity contribution in [1.82, 2.24) is 14.8 Å². The van der Waals surface area contributed by atoms with Gasteiger partial charge in [-0.1, -0.05) is 0 Å². The zero-order valence-corrected chi connectivity index (χ0v) is 16.2. The summed E-state index contributed by atoms with van der Waals surface area (Å²) in [6, 6.07) is 7.96. The number of hydrogen-bond donors (Lipinski definition) is 0. The molecule has 0 radical (unpaired) electrons. The summed E-state index contributed by atoms with van der Waals surface area (Å²) < 4.78 is 5.48. The molecule has 5 nitrogen and oxygen atoms in total. The fourth-order valence-electron chi connectivity index (χ4n) is 4.32. The monoisotopic (exact) mass is 367 g/mol. The summed E-state index contributed by atoms with van der Waals surface area (Å²) >= 11 is 0. The van der Waals surface area contributed by atoms with Crippen LogP contribution in [0, 0.1) is 6.92 Å². The maximum Gasteiger partial charge on any atom is 0.255 e. The van der Waals surface area contributed by atoms with Crippen molar-refractivity contribution in [3.8, 4) is 0 Å². The number of aryl methyl sites for hydroxylation is 1. The molecule has 4 rings (SSSR count). The Morgan fingerprint density at radius 2 is 1.89 bits per heavy atom. The Morgan fingerprint density at radius 3 is 2.59 bits per heavy atom. The fraction of sp³-hybridized carbons (Fsp3) is 0.545. The Morgan fingerprint density at radius 1 is 1.11 bits per heavy atom. The van der Waals surface area contributed by atoms with Gasteiger partial charge in [0, 0.05) is 24.7 Å². The van der Waals surface area contributed by atoms with Crippen LogP contribution in [0.3, 0.4) is 0 Å². The third-order valence-electron chi connectivity index (χ3n) is 5.87. The molecule has 2 aromatic rings. The molecule has 0 unspecified atom stereocenters. The molecule has 0 bridgehead atoms. The standard InChI is InChI=1S/C22H29N3O2/c1-17-7-8-20(22(26)25-11-3-2-4-12-25)21(23-17)18-9-13-24(14-10-18)16-19-6-5-15-27-19/h5-8,15,18H,2-4,9-14,16H2,1H3. The van der Waals surface area contributed by atoms with Gasteiger partial charge in [0.25, 0.3) is 5.91 Å². The number of furan rings is 1. The van der Waals surface area contributed by atoms with E-state index in [-0.39, 0.29) is 5.91 Å². The van der Waals surface area contributed by atoms with Crippen LogP contribution in [-0.2, 0) is 6.54 Å². The van der Waals surface area contributed by atoms with Crippen molar-refractivity contribution in [2.45, 2.75) is 51.5 Å². The smallest absolute Gasteiger partial charge is 0.255 e. The SMILES string of the molecule is Cc1ccc(C(=O)N2CCCCC2)c(C2CCN(Cc3ccco3)CC2)n1. The van der Waals surface area contributed by atoms with E-state index in [1.807, 2.05) is 36.1 Å². The van der Waals surface area contributed by atoms with E-state index in [2.05, 4.69) is 4.90 Å². The highest BCUT2D eigenvalue weighted by Crippen LogP contribution is 2.31. The molecule has 2 aliphatic heterocycles. The molecule has 0 N–H and O–H groups in total. The minimum absolute atomic E-state index is 0.176. The molecule has 5 heteroatoms. The van der Waals surface area contributed by atoms with Crippen LogP contribution in [0.4, 0.5) is 0 Å². The largest absolute Gasteiger partial charge is 0.468 e. The second kappa shape index (κ2) is 8.26. The average Bonchev–Trinajstić information content (AvgIpc) is 3.22. The van der Waals surface area contributed by atoms with Gasteiger partial charge >= 0.3 is 0 Å². The van der Waals surface area contributed by atoms with E-state index in [1.165, 1.54) is 6.42 Å². The first-order valence-corrected chi connectivity index (χ1v) is 10.2. The zero-order valence-electron chi connectivity index (χ0n) is 16.2. The molecule has 4 heterocycles. The number of likely N-dealkylation sites (tertiary alicyclic amines) is 2. The minimum atomic E-state index is 0.176. The average molecular weight is 367 g/mol. The van der Waals surface area contributed by atoms with Gasteiger partial charge in [0.05, 0.1) is 24.1 Å². The molecule has 0 saturated carbocycles. The Bertz CT molecular complexity index is 758.